The molecule has 0 bridgehead atoms. The van der Waals surface area contributed by atoms with Crippen molar-refractivity contribution in [1.29, 1.82) is 0 Å². The lowest BCUT2D eigenvalue weighted by Crippen LogP contribution is -2.43. The number of pyridine rings is 2. The highest BCUT2D eigenvalue weighted by Gasteiger charge is 2.37. The first-order chi connectivity index (χ1) is 18.0. The number of hydrogen-bond donors (Lipinski definition) is 1. The number of aromatic nitrogens is 4. The van der Waals surface area contributed by atoms with Crippen molar-refractivity contribution in [2.24, 2.45) is 0 Å². The third-order valence-corrected chi connectivity index (χ3v) is 11.6. The third kappa shape index (κ3) is 6.46. The molecule has 10 heteroatoms. The van der Waals surface area contributed by atoms with Gasteiger partial charge < -0.3 is 19.2 Å². The Labute approximate surface area is 230 Å². The number of nitrogens with zero attached hydrogens (tertiary/aromatic N) is 4. The Morgan fingerprint density at radius 3 is 2.37 bits per heavy atom. The summed E-state index contributed by atoms with van der Waals surface area (Å²) < 4.78 is 19.9. The minimum Gasteiger partial charge on any atom is -0.497 e. The minimum atomic E-state index is -1.89. The first kappa shape index (κ1) is 27.9. The summed E-state index contributed by atoms with van der Waals surface area (Å²) in [6.07, 6.45) is 3.32. The summed E-state index contributed by atoms with van der Waals surface area (Å²) in [5.74, 6) is 2.69. The highest BCUT2D eigenvalue weighted by atomic mass is 35.5. The molecule has 0 spiro atoms. The molecule has 1 N–H and O–H groups in total. The van der Waals surface area contributed by atoms with E-state index in [-0.39, 0.29) is 11.1 Å². The molecular weight excluding hydrogens is 518 g/mol. The topological polar surface area (TPSA) is 83.3 Å². The largest absolute Gasteiger partial charge is 0.497 e. The molecule has 0 unspecified atom stereocenters. The first-order valence-electron chi connectivity index (χ1n) is 12.7. The zero-order chi connectivity index (χ0) is 27.5. The fraction of sp³-hybridized carbons (Fsp3) is 0.393. The number of halogens is 1. The Hall–Kier alpha value is -3.14. The number of benzene rings is 1. The smallest absolute Gasteiger partial charge is 0.192 e. The number of nitrogens with one attached hydrogen (secondary N) is 1. The number of rotatable bonds is 10. The molecule has 0 amide bonds. The van der Waals surface area contributed by atoms with Gasteiger partial charge in [0.05, 0.1) is 26.5 Å². The summed E-state index contributed by atoms with van der Waals surface area (Å²) in [7, 11) is -0.231. The summed E-state index contributed by atoms with van der Waals surface area (Å²) in [5, 5.41) is 9.81. The van der Waals surface area contributed by atoms with E-state index in [1.165, 1.54) is 0 Å². The second-order valence-corrected chi connectivity index (χ2v) is 16.1. The lowest BCUT2D eigenvalue weighted by molar-refractivity contribution is 0.276. The van der Waals surface area contributed by atoms with Gasteiger partial charge in [0.1, 0.15) is 27.8 Å². The van der Waals surface area contributed by atoms with E-state index in [1.807, 2.05) is 35.0 Å². The predicted molar refractivity (Wildman–Crippen MR) is 155 cm³/mol. The van der Waals surface area contributed by atoms with E-state index in [1.54, 1.807) is 31.6 Å². The van der Waals surface area contributed by atoms with E-state index in [0.29, 0.717) is 41.3 Å². The van der Waals surface area contributed by atoms with Gasteiger partial charge >= 0.3 is 0 Å². The molecule has 0 saturated carbocycles. The number of methoxy groups -OCH3 is 1. The van der Waals surface area contributed by atoms with Gasteiger partial charge in [0.25, 0.3) is 0 Å². The van der Waals surface area contributed by atoms with Crippen LogP contribution in [0.5, 0.6) is 17.2 Å². The molecule has 0 aliphatic rings. The van der Waals surface area contributed by atoms with Crippen molar-refractivity contribution in [3.63, 3.8) is 0 Å². The second kappa shape index (κ2) is 11.3. The molecule has 1 aromatic carbocycles. The van der Waals surface area contributed by atoms with Crippen LogP contribution in [0.4, 0.5) is 5.82 Å². The van der Waals surface area contributed by atoms with Gasteiger partial charge in [-0.15, -0.1) is 0 Å². The number of anilines is 1. The number of hydrogen-bond acceptors (Lipinski definition) is 7. The molecule has 4 aromatic rings. The third-order valence-electron chi connectivity index (χ3n) is 6.90. The van der Waals surface area contributed by atoms with E-state index in [4.69, 9.17) is 30.6 Å². The van der Waals surface area contributed by atoms with E-state index < -0.39 is 8.32 Å². The summed E-state index contributed by atoms with van der Waals surface area (Å²) in [5.41, 5.74) is 1.78. The number of ether oxygens (including phenoxy) is 2. The Morgan fingerprint density at radius 1 is 1.03 bits per heavy atom. The monoisotopic (exact) mass is 553 g/mol. The summed E-state index contributed by atoms with van der Waals surface area (Å²) >= 11 is 5.96. The Morgan fingerprint density at radius 2 is 1.74 bits per heavy atom. The maximum atomic E-state index is 6.46. The van der Waals surface area contributed by atoms with Crippen molar-refractivity contribution in [2.75, 3.05) is 19.0 Å². The molecule has 3 heterocycles. The first-order valence-corrected chi connectivity index (χ1v) is 15.9. The van der Waals surface area contributed by atoms with Crippen LogP contribution in [0.2, 0.25) is 23.3 Å². The highest BCUT2D eigenvalue weighted by molar-refractivity contribution is 6.74. The molecule has 0 aliphatic carbocycles. The van der Waals surface area contributed by atoms with Gasteiger partial charge in [0.2, 0.25) is 0 Å². The van der Waals surface area contributed by atoms with Crippen LogP contribution in [0.15, 0.2) is 54.9 Å². The van der Waals surface area contributed by atoms with Crippen molar-refractivity contribution in [1.82, 2.24) is 19.7 Å². The van der Waals surface area contributed by atoms with E-state index in [2.05, 4.69) is 56.1 Å². The molecule has 1 atom stereocenters. The van der Waals surface area contributed by atoms with Gasteiger partial charge in [-0.3, -0.25) is 0 Å². The van der Waals surface area contributed by atoms with Crippen molar-refractivity contribution in [3.8, 4) is 17.2 Å². The fourth-order valence-corrected chi connectivity index (χ4v) is 4.86. The van der Waals surface area contributed by atoms with Gasteiger partial charge in [-0.2, -0.15) is 5.10 Å². The highest BCUT2D eigenvalue weighted by Crippen LogP contribution is 2.37. The average molecular weight is 554 g/mol. The van der Waals surface area contributed by atoms with Crippen LogP contribution < -0.4 is 14.8 Å². The van der Waals surface area contributed by atoms with Gasteiger partial charge in [-0.1, -0.05) is 44.5 Å². The van der Waals surface area contributed by atoms with E-state index in [9.17, 15) is 0 Å². The van der Waals surface area contributed by atoms with Gasteiger partial charge in [-0.25, -0.2) is 14.6 Å². The van der Waals surface area contributed by atoms with Gasteiger partial charge in [0, 0.05) is 18.3 Å². The maximum Gasteiger partial charge on any atom is 0.192 e. The zero-order valence-corrected chi connectivity index (χ0v) is 24.8. The molecule has 4 rings (SSSR count). The van der Waals surface area contributed by atoms with Crippen LogP contribution in [0.3, 0.4) is 0 Å². The normalized spacial score (nSPS) is 12.9. The predicted octanol–water partition coefficient (Wildman–Crippen LogP) is 7.15. The Balaban J connectivity index is 1.67. The van der Waals surface area contributed by atoms with Crippen LogP contribution in [0.1, 0.15) is 33.3 Å². The van der Waals surface area contributed by atoms with Crippen LogP contribution in [-0.4, -0.2) is 47.8 Å². The standard InChI is InChI=1S/C28H36ClN5O3Si/c1-19(18-36-38(6,7)28(2,3)4)32-26-25-23(37-22-12-13-24(29)31-16-22)14-15-30-27(25)34(33-26)17-20-8-10-21(35-5)11-9-20/h8-16,19H,17-18H2,1-7H3,(H,32,33)/t19-/m1/s1. The number of fused-ring (bicyclic) bond motifs is 1. The van der Waals surface area contributed by atoms with Gasteiger partial charge in [-0.05, 0) is 54.9 Å². The minimum absolute atomic E-state index is 0.0157. The summed E-state index contributed by atoms with van der Waals surface area (Å²) in [4.78, 5) is 8.80. The van der Waals surface area contributed by atoms with E-state index >= 15 is 0 Å². The van der Waals surface area contributed by atoms with Crippen LogP contribution in [0.25, 0.3) is 11.0 Å². The van der Waals surface area contributed by atoms with Gasteiger partial charge in [0.15, 0.2) is 19.8 Å². The van der Waals surface area contributed by atoms with Crippen LogP contribution >= 0.6 is 11.6 Å². The molecular formula is C28H36ClN5O3Si. The molecule has 0 aliphatic heterocycles. The van der Waals surface area contributed by atoms with Crippen LogP contribution in [0, 0.1) is 0 Å². The Bertz CT molecular complexity index is 1370. The SMILES string of the molecule is COc1ccc(Cn2nc(N[C@H](C)CO[Si](C)(C)C(C)(C)C)c3c(Oc4ccc(Cl)nc4)ccnc32)cc1. The molecule has 3 aromatic heterocycles. The van der Waals surface area contributed by atoms with Crippen molar-refractivity contribution in [2.45, 2.75) is 58.4 Å². The summed E-state index contributed by atoms with van der Waals surface area (Å²) in [6, 6.07) is 13.3. The molecule has 8 nitrogen and oxygen atoms in total. The lowest BCUT2D eigenvalue weighted by atomic mass is 10.2. The maximum absolute atomic E-state index is 6.46. The lowest BCUT2D eigenvalue weighted by Gasteiger charge is -2.37. The van der Waals surface area contributed by atoms with Crippen molar-refractivity contribution < 1.29 is 13.9 Å². The Kier molecular flexibility index (Phi) is 8.30. The van der Waals surface area contributed by atoms with Crippen LogP contribution in [-0.2, 0) is 11.0 Å². The second-order valence-electron chi connectivity index (χ2n) is 10.9. The molecule has 0 fully saturated rings. The average Bonchev–Trinajstić information content (AvgIpc) is 3.21. The molecule has 0 saturated heterocycles. The van der Waals surface area contributed by atoms with Crippen molar-refractivity contribution in [3.05, 3.63) is 65.6 Å². The zero-order valence-electron chi connectivity index (χ0n) is 23.1. The quantitative estimate of drug-likeness (QED) is 0.165. The molecule has 38 heavy (non-hydrogen) atoms. The summed E-state index contributed by atoms with van der Waals surface area (Å²) in [6.45, 7) is 14.5. The van der Waals surface area contributed by atoms with Crippen molar-refractivity contribution >= 4 is 36.8 Å². The molecule has 202 valence electrons. The fourth-order valence-electron chi connectivity index (χ4n) is 3.64. The molecule has 0 radical (unpaired) electrons. The van der Waals surface area contributed by atoms with E-state index in [0.717, 1.165) is 16.7 Å².